The van der Waals surface area contributed by atoms with Crippen LogP contribution in [0.4, 0.5) is 5.69 Å². The van der Waals surface area contributed by atoms with E-state index in [4.69, 9.17) is 0 Å². The van der Waals surface area contributed by atoms with Gasteiger partial charge in [-0.3, -0.25) is 15.1 Å². The van der Waals surface area contributed by atoms with Gasteiger partial charge < -0.3 is 10.3 Å². The molecule has 7 nitrogen and oxygen atoms in total. The Kier molecular flexibility index (Phi) is 6.08. The summed E-state index contributed by atoms with van der Waals surface area (Å²) < 4.78 is 0. The average Bonchev–Trinajstić information content (AvgIpc) is 3.48. The first-order valence-electron chi connectivity index (χ1n) is 11.7. The van der Waals surface area contributed by atoms with Crippen molar-refractivity contribution in [2.24, 2.45) is 5.92 Å². The van der Waals surface area contributed by atoms with Gasteiger partial charge in [0, 0.05) is 28.9 Å². The lowest BCUT2D eigenvalue weighted by molar-refractivity contribution is 0.405. The maximum absolute atomic E-state index is 4.69. The van der Waals surface area contributed by atoms with Crippen LogP contribution in [0.1, 0.15) is 44.6 Å². The highest BCUT2D eigenvalue weighted by atomic mass is 15.1. The third kappa shape index (κ3) is 4.41. The van der Waals surface area contributed by atoms with Crippen LogP contribution < -0.4 is 15.9 Å². The van der Waals surface area contributed by atoms with Gasteiger partial charge in [0.05, 0.1) is 34.5 Å². The highest BCUT2D eigenvalue weighted by molar-refractivity contribution is 5.89. The number of pyridine rings is 2. The van der Waals surface area contributed by atoms with E-state index < -0.39 is 0 Å². The lowest BCUT2D eigenvalue weighted by Crippen LogP contribution is -2.23. The summed E-state index contributed by atoms with van der Waals surface area (Å²) in [6, 6.07) is 3.95. The fourth-order valence-corrected chi connectivity index (χ4v) is 4.56. The number of nitrogens with one attached hydrogen (secondary N) is 3. The van der Waals surface area contributed by atoms with Crippen molar-refractivity contribution < 1.29 is 0 Å². The minimum absolute atomic E-state index is 0.530. The second-order valence-electron chi connectivity index (χ2n) is 8.78. The summed E-state index contributed by atoms with van der Waals surface area (Å²) in [6.07, 6.45) is 17.5. The van der Waals surface area contributed by atoms with Crippen LogP contribution in [-0.2, 0) is 0 Å². The number of rotatable bonds is 6. The molecule has 3 N–H and O–H groups in total. The largest absolute Gasteiger partial charge is 0.358 e. The molecule has 0 aromatic carbocycles. The second-order valence-corrected chi connectivity index (χ2v) is 8.78. The van der Waals surface area contributed by atoms with Gasteiger partial charge in [-0.1, -0.05) is 38.5 Å². The Morgan fingerprint density at radius 3 is 2.76 bits per heavy atom. The molecule has 0 atom stereocenters. The van der Waals surface area contributed by atoms with Crippen LogP contribution in [0.5, 0.6) is 0 Å². The molecule has 4 heterocycles. The van der Waals surface area contributed by atoms with Gasteiger partial charge in [0.1, 0.15) is 5.69 Å². The maximum Gasteiger partial charge on any atom is 0.159 e. The molecule has 0 saturated heterocycles. The predicted molar refractivity (Wildman–Crippen MR) is 138 cm³/mol. The number of aromatic amines is 2. The van der Waals surface area contributed by atoms with E-state index in [1.165, 1.54) is 32.1 Å². The van der Waals surface area contributed by atoms with Crippen molar-refractivity contribution in [2.75, 3.05) is 5.32 Å². The van der Waals surface area contributed by atoms with E-state index in [2.05, 4.69) is 54.7 Å². The van der Waals surface area contributed by atoms with Crippen LogP contribution in [-0.4, -0.2) is 30.1 Å². The smallest absolute Gasteiger partial charge is 0.159 e. The van der Waals surface area contributed by atoms with Gasteiger partial charge in [-0.25, -0.2) is 4.98 Å². The van der Waals surface area contributed by atoms with Crippen molar-refractivity contribution in [3.8, 4) is 11.5 Å². The van der Waals surface area contributed by atoms with Gasteiger partial charge >= 0.3 is 0 Å². The predicted octanol–water partition coefficient (Wildman–Crippen LogP) is 4.54. The summed E-state index contributed by atoms with van der Waals surface area (Å²) in [7, 11) is 0. The number of allylic oxidation sites excluding steroid dienone is 2. The number of nitrogens with zero attached hydrogens (tertiary/aromatic N) is 4. The van der Waals surface area contributed by atoms with Crippen LogP contribution in [0.25, 0.3) is 40.3 Å². The maximum atomic E-state index is 4.69. The fourth-order valence-electron chi connectivity index (χ4n) is 4.56. The van der Waals surface area contributed by atoms with Gasteiger partial charge in [-0.15, -0.1) is 0 Å². The Labute approximate surface area is 198 Å². The zero-order valence-electron chi connectivity index (χ0n) is 19.4. The molecule has 34 heavy (non-hydrogen) atoms. The second kappa shape index (κ2) is 9.47. The van der Waals surface area contributed by atoms with Crippen LogP contribution in [0.3, 0.4) is 0 Å². The van der Waals surface area contributed by atoms with Crippen molar-refractivity contribution >= 4 is 34.4 Å². The minimum Gasteiger partial charge on any atom is -0.358 e. The number of aromatic nitrogens is 6. The summed E-state index contributed by atoms with van der Waals surface area (Å²) >= 11 is 0. The van der Waals surface area contributed by atoms with Gasteiger partial charge in [-0.05, 0) is 49.5 Å². The Morgan fingerprint density at radius 2 is 1.97 bits per heavy atom. The van der Waals surface area contributed by atoms with Gasteiger partial charge in [0.25, 0.3) is 0 Å². The molecular weight excluding hydrogens is 422 g/mol. The molecule has 1 aliphatic rings. The summed E-state index contributed by atoms with van der Waals surface area (Å²) in [6.45, 7) is 10.6. The number of hydrogen-bond donors (Lipinski definition) is 3. The first kappa shape index (κ1) is 21.8. The molecular formula is C27H29N7. The first-order valence-corrected chi connectivity index (χ1v) is 11.7. The average molecular weight is 452 g/mol. The van der Waals surface area contributed by atoms with Crippen molar-refractivity contribution in [1.29, 1.82) is 0 Å². The molecule has 0 bridgehead atoms. The van der Waals surface area contributed by atoms with E-state index in [0.29, 0.717) is 11.7 Å². The molecule has 7 heteroatoms. The SMILES string of the molecule is C=C(/C=c1/c(-c2nc3ccncc3[nH]2)n[nH]/c1=C/C)c1cncc(NC(=C)C2CCCCC2)c1. The van der Waals surface area contributed by atoms with E-state index in [1.54, 1.807) is 12.4 Å². The minimum atomic E-state index is 0.530. The molecule has 1 saturated carbocycles. The summed E-state index contributed by atoms with van der Waals surface area (Å²) in [5, 5.41) is 12.9. The van der Waals surface area contributed by atoms with Crippen molar-refractivity contribution in [3.05, 3.63) is 71.9 Å². The lowest BCUT2D eigenvalue weighted by Gasteiger charge is -2.24. The molecule has 4 aromatic rings. The number of H-pyrrole nitrogens is 2. The number of imidazole rings is 1. The van der Waals surface area contributed by atoms with Crippen LogP contribution in [0.15, 0.2) is 55.8 Å². The molecule has 0 amide bonds. The van der Waals surface area contributed by atoms with Gasteiger partial charge in [0.2, 0.25) is 0 Å². The van der Waals surface area contributed by atoms with E-state index >= 15 is 0 Å². The normalized spacial score (nSPS) is 15.7. The molecule has 0 unspecified atom stereocenters. The Balaban J connectivity index is 1.45. The summed E-state index contributed by atoms with van der Waals surface area (Å²) in [5.74, 6) is 1.21. The van der Waals surface area contributed by atoms with E-state index in [1.807, 2.05) is 37.5 Å². The monoisotopic (exact) mass is 451 g/mol. The quantitative estimate of drug-likeness (QED) is 0.400. The molecule has 0 spiro atoms. The first-order chi connectivity index (χ1) is 16.6. The Morgan fingerprint density at radius 1 is 1.12 bits per heavy atom. The van der Waals surface area contributed by atoms with E-state index in [-0.39, 0.29) is 0 Å². The molecule has 1 aliphatic carbocycles. The molecule has 0 aliphatic heterocycles. The highest BCUT2D eigenvalue weighted by Gasteiger charge is 2.17. The zero-order valence-corrected chi connectivity index (χ0v) is 19.4. The molecule has 4 aromatic heterocycles. The lowest BCUT2D eigenvalue weighted by atomic mass is 9.87. The number of anilines is 1. The zero-order chi connectivity index (χ0) is 23.5. The summed E-state index contributed by atoms with van der Waals surface area (Å²) in [4.78, 5) is 16.6. The third-order valence-corrected chi connectivity index (χ3v) is 6.46. The van der Waals surface area contributed by atoms with Gasteiger partial charge in [-0.2, -0.15) is 5.10 Å². The van der Waals surface area contributed by atoms with Crippen LogP contribution in [0.2, 0.25) is 0 Å². The van der Waals surface area contributed by atoms with Crippen LogP contribution in [0, 0.1) is 5.92 Å². The summed E-state index contributed by atoms with van der Waals surface area (Å²) in [5.41, 5.74) is 6.23. The fraction of sp³-hybridized carbons (Fsp3) is 0.259. The van der Waals surface area contributed by atoms with Crippen LogP contribution >= 0.6 is 0 Å². The van der Waals surface area contributed by atoms with Crippen molar-refractivity contribution in [3.63, 3.8) is 0 Å². The standard InChI is InChI=1S/C27H29N7/c1-4-23-22(26(34-33-23)27-31-24-10-11-28-16-25(24)32-27)12-17(2)20-13-21(15-29-14-20)30-18(3)19-8-6-5-7-9-19/h4,10-16,19,30,33H,2-3,5-9H2,1H3,(H,31,32)/b22-12+,23-4+. The molecule has 1 fully saturated rings. The van der Waals surface area contributed by atoms with E-state index in [0.717, 1.165) is 49.8 Å². The molecule has 0 radical (unpaired) electrons. The van der Waals surface area contributed by atoms with Crippen molar-refractivity contribution in [1.82, 2.24) is 30.1 Å². The third-order valence-electron chi connectivity index (χ3n) is 6.46. The molecule has 5 rings (SSSR count). The van der Waals surface area contributed by atoms with Crippen molar-refractivity contribution in [2.45, 2.75) is 39.0 Å². The Bertz CT molecular complexity index is 1440. The number of hydrogen-bond acceptors (Lipinski definition) is 5. The Hall–Kier alpha value is -4.00. The van der Waals surface area contributed by atoms with Gasteiger partial charge in [0.15, 0.2) is 5.82 Å². The highest BCUT2D eigenvalue weighted by Crippen LogP contribution is 2.30. The topological polar surface area (TPSA) is 95.2 Å². The molecule has 172 valence electrons. The number of fused-ring (bicyclic) bond motifs is 1. The van der Waals surface area contributed by atoms with E-state index in [9.17, 15) is 0 Å².